The molecule has 0 saturated heterocycles. The number of nitrogens with two attached hydrogens (primary N) is 1. The van der Waals surface area contributed by atoms with E-state index in [1.54, 1.807) is 6.92 Å². The zero-order valence-corrected chi connectivity index (χ0v) is 17.8. The minimum Gasteiger partial charge on any atom is -0.386 e. The SMILES string of the molecule is Cc1cnc(C(=O)Cc2ccc(F)c([C@]3(C)CS(=O)(=O)C(C)(C)C(N)=N3)c2F)cn1. The molecular weight excluding hydrogens is 414 g/mol. The molecule has 1 aromatic heterocycles. The lowest BCUT2D eigenvalue weighted by Gasteiger charge is -2.38. The molecule has 3 rings (SSSR count). The van der Waals surface area contributed by atoms with Gasteiger partial charge < -0.3 is 5.73 Å². The summed E-state index contributed by atoms with van der Waals surface area (Å²) in [5, 5.41) is 0. The van der Waals surface area contributed by atoms with E-state index in [0.717, 1.165) is 12.1 Å². The number of amidine groups is 1. The van der Waals surface area contributed by atoms with Gasteiger partial charge in [0.15, 0.2) is 15.6 Å². The number of halogens is 2. The van der Waals surface area contributed by atoms with E-state index in [-0.39, 0.29) is 17.1 Å². The first-order chi connectivity index (χ1) is 13.8. The number of Topliss-reactive ketones (excluding diaryl/α,β-unsaturated/α-hetero) is 1. The number of aryl methyl sites for hydroxylation is 1. The number of sulfone groups is 1. The lowest BCUT2D eigenvalue weighted by Crippen LogP contribution is -2.55. The van der Waals surface area contributed by atoms with Gasteiger partial charge in [-0.05, 0) is 39.3 Å². The van der Waals surface area contributed by atoms with Gasteiger partial charge in [0, 0.05) is 12.6 Å². The van der Waals surface area contributed by atoms with Crippen LogP contribution >= 0.6 is 0 Å². The van der Waals surface area contributed by atoms with Gasteiger partial charge in [0.25, 0.3) is 0 Å². The molecule has 2 heterocycles. The van der Waals surface area contributed by atoms with Crippen LogP contribution in [0.5, 0.6) is 0 Å². The molecule has 2 N–H and O–H groups in total. The summed E-state index contributed by atoms with van der Waals surface area (Å²) in [5.74, 6) is -3.36. The molecule has 1 atom stereocenters. The van der Waals surface area contributed by atoms with Crippen LogP contribution in [0.2, 0.25) is 0 Å². The van der Waals surface area contributed by atoms with Crippen molar-refractivity contribution in [1.29, 1.82) is 0 Å². The van der Waals surface area contributed by atoms with E-state index in [1.807, 2.05) is 0 Å². The lowest BCUT2D eigenvalue weighted by molar-refractivity contribution is 0.0986. The van der Waals surface area contributed by atoms with Crippen LogP contribution in [-0.2, 0) is 21.8 Å². The van der Waals surface area contributed by atoms with Gasteiger partial charge in [0.05, 0.1) is 23.2 Å². The Kier molecular flexibility index (Phi) is 5.26. The maximum atomic E-state index is 15.3. The van der Waals surface area contributed by atoms with Crippen molar-refractivity contribution < 1.29 is 22.0 Å². The van der Waals surface area contributed by atoms with Crippen molar-refractivity contribution in [3.05, 3.63) is 58.7 Å². The van der Waals surface area contributed by atoms with Crippen molar-refractivity contribution in [2.75, 3.05) is 5.75 Å². The summed E-state index contributed by atoms with van der Waals surface area (Å²) in [6.45, 7) is 5.81. The first-order valence-electron chi connectivity index (χ1n) is 9.16. The Hall–Kier alpha value is -2.75. The molecule has 0 radical (unpaired) electrons. The highest BCUT2D eigenvalue weighted by atomic mass is 32.2. The Morgan fingerprint density at radius 3 is 2.40 bits per heavy atom. The predicted molar refractivity (Wildman–Crippen MR) is 108 cm³/mol. The molecule has 0 amide bonds. The second-order valence-corrected chi connectivity index (χ2v) is 10.6. The quantitative estimate of drug-likeness (QED) is 0.735. The van der Waals surface area contributed by atoms with Crippen LogP contribution in [-0.4, -0.2) is 40.5 Å². The molecule has 0 saturated carbocycles. The number of aliphatic imine (C=N–C) groups is 1. The van der Waals surface area contributed by atoms with E-state index < -0.39 is 55.3 Å². The van der Waals surface area contributed by atoms with E-state index in [0.29, 0.717) is 5.69 Å². The molecule has 160 valence electrons. The van der Waals surface area contributed by atoms with Crippen LogP contribution in [0.15, 0.2) is 29.5 Å². The van der Waals surface area contributed by atoms with Gasteiger partial charge in [-0.15, -0.1) is 0 Å². The van der Waals surface area contributed by atoms with Gasteiger partial charge in [-0.25, -0.2) is 22.2 Å². The Bertz CT molecular complexity index is 1160. The van der Waals surface area contributed by atoms with Crippen LogP contribution < -0.4 is 5.73 Å². The van der Waals surface area contributed by atoms with Crippen LogP contribution in [0.3, 0.4) is 0 Å². The number of rotatable bonds is 4. The third kappa shape index (κ3) is 3.60. The van der Waals surface area contributed by atoms with Crippen LogP contribution in [0.4, 0.5) is 8.78 Å². The van der Waals surface area contributed by atoms with Gasteiger partial charge >= 0.3 is 0 Å². The molecule has 1 aromatic carbocycles. The van der Waals surface area contributed by atoms with E-state index in [9.17, 15) is 17.6 Å². The van der Waals surface area contributed by atoms with Crippen LogP contribution in [0.1, 0.15) is 48.1 Å². The van der Waals surface area contributed by atoms with Crippen molar-refractivity contribution in [2.24, 2.45) is 10.7 Å². The number of carbonyl (C=O) groups excluding carboxylic acids is 1. The van der Waals surface area contributed by atoms with Crippen molar-refractivity contribution in [3.63, 3.8) is 0 Å². The van der Waals surface area contributed by atoms with Crippen molar-refractivity contribution >= 4 is 21.5 Å². The van der Waals surface area contributed by atoms with E-state index in [1.165, 1.54) is 33.2 Å². The second-order valence-electron chi connectivity index (χ2n) is 8.08. The number of aromatic nitrogens is 2. The number of benzene rings is 1. The fourth-order valence-corrected chi connectivity index (χ4v) is 4.97. The summed E-state index contributed by atoms with van der Waals surface area (Å²) in [6.07, 6.45) is 2.29. The van der Waals surface area contributed by atoms with Gasteiger partial charge in [-0.2, -0.15) is 0 Å². The minimum atomic E-state index is -3.86. The first kappa shape index (κ1) is 21.9. The smallest absolute Gasteiger partial charge is 0.187 e. The summed E-state index contributed by atoms with van der Waals surface area (Å²) >= 11 is 0. The average Bonchev–Trinajstić information content (AvgIpc) is 2.62. The zero-order chi connectivity index (χ0) is 22.5. The molecule has 0 fully saturated rings. The average molecular weight is 436 g/mol. The normalized spacial score (nSPS) is 22.4. The number of hydrogen-bond acceptors (Lipinski definition) is 7. The molecular formula is C20H22F2N4O3S. The van der Waals surface area contributed by atoms with Crippen LogP contribution in [0.25, 0.3) is 0 Å². The van der Waals surface area contributed by atoms with Gasteiger partial charge in [-0.3, -0.25) is 14.8 Å². The molecule has 2 aromatic rings. The molecule has 1 aliphatic rings. The number of carbonyl (C=O) groups is 1. The van der Waals surface area contributed by atoms with Gasteiger partial charge in [0.2, 0.25) is 0 Å². The molecule has 0 aliphatic carbocycles. The number of nitrogens with zero attached hydrogens (tertiary/aromatic N) is 3. The monoisotopic (exact) mass is 436 g/mol. The molecule has 7 nitrogen and oxygen atoms in total. The summed E-state index contributed by atoms with van der Waals surface area (Å²) in [7, 11) is -3.86. The maximum Gasteiger partial charge on any atom is 0.187 e. The van der Waals surface area contributed by atoms with Crippen molar-refractivity contribution in [1.82, 2.24) is 9.97 Å². The van der Waals surface area contributed by atoms with Crippen LogP contribution in [0, 0.1) is 18.6 Å². The first-order valence-corrected chi connectivity index (χ1v) is 10.8. The fraction of sp³-hybridized carbons (Fsp3) is 0.400. The van der Waals surface area contributed by atoms with Gasteiger partial charge in [0.1, 0.15) is 33.4 Å². The predicted octanol–water partition coefficient (Wildman–Crippen LogP) is 2.27. The molecule has 30 heavy (non-hydrogen) atoms. The molecule has 0 bridgehead atoms. The van der Waals surface area contributed by atoms with E-state index >= 15 is 4.39 Å². The molecule has 10 heteroatoms. The minimum absolute atomic E-state index is 0.0429. The summed E-state index contributed by atoms with van der Waals surface area (Å²) < 4.78 is 54.0. The highest BCUT2D eigenvalue weighted by Crippen LogP contribution is 2.39. The molecule has 0 spiro atoms. The van der Waals surface area contributed by atoms with Crippen molar-refractivity contribution in [2.45, 2.75) is 44.4 Å². The van der Waals surface area contributed by atoms with Crippen molar-refractivity contribution in [3.8, 4) is 0 Å². The Morgan fingerprint density at radius 1 is 1.17 bits per heavy atom. The maximum absolute atomic E-state index is 15.3. The zero-order valence-electron chi connectivity index (χ0n) is 17.0. The summed E-state index contributed by atoms with van der Waals surface area (Å²) in [5.41, 5.74) is 4.12. The highest BCUT2D eigenvalue weighted by molar-refractivity contribution is 7.93. The third-order valence-electron chi connectivity index (χ3n) is 5.36. The molecule has 0 unspecified atom stereocenters. The van der Waals surface area contributed by atoms with E-state index in [4.69, 9.17) is 5.73 Å². The Morgan fingerprint density at radius 2 is 1.83 bits per heavy atom. The lowest BCUT2D eigenvalue weighted by atomic mass is 9.90. The summed E-state index contributed by atoms with van der Waals surface area (Å²) in [6, 6.07) is 2.14. The Balaban J connectivity index is 2.06. The topological polar surface area (TPSA) is 115 Å². The summed E-state index contributed by atoms with van der Waals surface area (Å²) in [4.78, 5) is 24.6. The third-order valence-corrected chi connectivity index (χ3v) is 8.07. The van der Waals surface area contributed by atoms with E-state index in [2.05, 4.69) is 15.0 Å². The molecule has 1 aliphatic heterocycles. The Labute approximate surface area is 173 Å². The fourth-order valence-electron chi connectivity index (χ4n) is 3.30. The van der Waals surface area contributed by atoms with Gasteiger partial charge in [-0.1, -0.05) is 6.07 Å². The number of ketones is 1. The standard InChI is InChI=1S/C20H22F2N4O3S/c1-11-8-25-14(9-24-11)15(27)7-12-5-6-13(21)16(17(12)22)20(4)10-30(28,29)19(2,3)18(23)26-20/h5-6,8-9H,7,10H2,1-4H3,(H2,23,26)/t20-/m0/s1. The highest BCUT2D eigenvalue weighted by Gasteiger charge is 2.50. The second kappa shape index (κ2) is 7.19. The number of hydrogen-bond donors (Lipinski definition) is 1. The largest absolute Gasteiger partial charge is 0.386 e.